The molecule has 1 aliphatic rings. The van der Waals surface area contributed by atoms with Crippen LogP contribution in [-0.2, 0) is 0 Å². The Hall–Kier alpha value is -1.39. The normalized spacial score (nSPS) is 22.7. The fourth-order valence-electron chi connectivity index (χ4n) is 2.38. The van der Waals surface area contributed by atoms with Gasteiger partial charge in [-0.15, -0.1) is 0 Å². The van der Waals surface area contributed by atoms with Crippen molar-refractivity contribution in [3.8, 4) is 0 Å². The predicted octanol–water partition coefficient (Wildman–Crippen LogP) is 0.910. The fourth-order valence-corrected chi connectivity index (χ4v) is 2.38. The van der Waals surface area contributed by atoms with Gasteiger partial charge in [-0.2, -0.15) is 0 Å². The van der Waals surface area contributed by atoms with Gasteiger partial charge in [0.1, 0.15) is 5.65 Å². The highest BCUT2D eigenvalue weighted by molar-refractivity contribution is 5.49. The van der Waals surface area contributed by atoms with E-state index in [4.69, 9.17) is 0 Å². The highest BCUT2D eigenvalue weighted by atomic mass is 15.2. The van der Waals surface area contributed by atoms with Gasteiger partial charge in [-0.3, -0.25) is 4.90 Å². The standard InChI is InChI=1S/C12H16N4/c1-15-7-4-13-9-11(15)10-3-2-6-16-8-5-14-12(10)16/h2-3,5-6,8,11,13H,4,7,9H2,1H3. The van der Waals surface area contributed by atoms with E-state index in [1.54, 1.807) is 0 Å². The SMILES string of the molecule is CN1CCNCC1c1cccn2ccnc12. The number of aromatic nitrogens is 2. The summed E-state index contributed by atoms with van der Waals surface area (Å²) in [5.41, 5.74) is 2.38. The summed E-state index contributed by atoms with van der Waals surface area (Å²) in [4.78, 5) is 6.83. The summed E-state index contributed by atoms with van der Waals surface area (Å²) in [5.74, 6) is 0. The average Bonchev–Trinajstić information content (AvgIpc) is 2.77. The molecule has 1 atom stereocenters. The molecule has 2 aromatic heterocycles. The van der Waals surface area contributed by atoms with Crippen LogP contribution in [0.5, 0.6) is 0 Å². The molecule has 0 aromatic carbocycles. The second kappa shape index (κ2) is 3.88. The van der Waals surface area contributed by atoms with Crippen molar-refractivity contribution in [2.45, 2.75) is 6.04 Å². The van der Waals surface area contributed by atoms with Crippen molar-refractivity contribution in [2.24, 2.45) is 0 Å². The lowest BCUT2D eigenvalue weighted by atomic mass is 10.1. The Balaban J connectivity index is 2.07. The van der Waals surface area contributed by atoms with Crippen LogP contribution in [-0.4, -0.2) is 41.0 Å². The molecule has 3 rings (SSSR count). The maximum atomic E-state index is 4.44. The molecule has 4 heteroatoms. The van der Waals surface area contributed by atoms with Gasteiger partial charge in [0.15, 0.2) is 0 Å². The maximum Gasteiger partial charge on any atom is 0.141 e. The van der Waals surface area contributed by atoms with E-state index < -0.39 is 0 Å². The van der Waals surface area contributed by atoms with Crippen molar-refractivity contribution >= 4 is 5.65 Å². The summed E-state index contributed by atoms with van der Waals surface area (Å²) in [7, 11) is 2.18. The van der Waals surface area contributed by atoms with E-state index in [2.05, 4.69) is 38.8 Å². The molecule has 0 aliphatic carbocycles. The van der Waals surface area contributed by atoms with Crippen LogP contribution in [0.3, 0.4) is 0 Å². The summed E-state index contributed by atoms with van der Waals surface area (Å²) in [6.45, 7) is 3.17. The fraction of sp³-hybridized carbons (Fsp3) is 0.417. The van der Waals surface area contributed by atoms with Crippen LogP contribution < -0.4 is 5.32 Å². The molecule has 1 aliphatic heterocycles. The van der Waals surface area contributed by atoms with Gasteiger partial charge in [0.25, 0.3) is 0 Å². The number of fused-ring (bicyclic) bond motifs is 1. The van der Waals surface area contributed by atoms with Gasteiger partial charge in [0.05, 0.1) is 6.04 Å². The topological polar surface area (TPSA) is 32.6 Å². The molecule has 1 fully saturated rings. The van der Waals surface area contributed by atoms with Gasteiger partial charge in [-0.25, -0.2) is 4.98 Å². The highest BCUT2D eigenvalue weighted by Gasteiger charge is 2.22. The summed E-state index contributed by atoms with van der Waals surface area (Å²) >= 11 is 0. The maximum absolute atomic E-state index is 4.44. The third kappa shape index (κ3) is 1.50. The van der Waals surface area contributed by atoms with Gasteiger partial charge in [0.2, 0.25) is 0 Å². The number of rotatable bonds is 1. The highest BCUT2D eigenvalue weighted by Crippen LogP contribution is 2.23. The first-order chi connectivity index (χ1) is 7.86. The minimum atomic E-state index is 0.430. The van der Waals surface area contributed by atoms with E-state index in [-0.39, 0.29) is 0 Å². The van der Waals surface area contributed by atoms with Crippen LogP contribution in [0.15, 0.2) is 30.7 Å². The van der Waals surface area contributed by atoms with Crippen LogP contribution in [0.1, 0.15) is 11.6 Å². The number of pyridine rings is 1. The van der Waals surface area contributed by atoms with Crippen molar-refractivity contribution in [1.29, 1.82) is 0 Å². The summed E-state index contributed by atoms with van der Waals surface area (Å²) < 4.78 is 2.08. The van der Waals surface area contributed by atoms with E-state index in [0.29, 0.717) is 6.04 Å². The first kappa shape index (κ1) is 9.81. The Kier molecular flexibility index (Phi) is 2.38. The molecular formula is C12H16N4. The van der Waals surface area contributed by atoms with Gasteiger partial charge >= 0.3 is 0 Å². The van der Waals surface area contributed by atoms with Crippen molar-refractivity contribution < 1.29 is 0 Å². The molecule has 0 radical (unpaired) electrons. The molecule has 1 N–H and O–H groups in total. The van der Waals surface area contributed by atoms with Gasteiger partial charge in [0, 0.05) is 43.8 Å². The number of imidazole rings is 1. The molecule has 0 saturated carbocycles. The van der Waals surface area contributed by atoms with Crippen LogP contribution >= 0.6 is 0 Å². The summed E-state index contributed by atoms with van der Waals surface area (Å²) in [6.07, 6.45) is 5.90. The molecule has 16 heavy (non-hydrogen) atoms. The minimum absolute atomic E-state index is 0.430. The Morgan fingerprint density at radius 3 is 3.25 bits per heavy atom. The van der Waals surface area contributed by atoms with Crippen LogP contribution in [0.2, 0.25) is 0 Å². The van der Waals surface area contributed by atoms with Crippen LogP contribution in [0.4, 0.5) is 0 Å². The van der Waals surface area contributed by atoms with Gasteiger partial charge < -0.3 is 9.72 Å². The molecule has 0 spiro atoms. The lowest BCUT2D eigenvalue weighted by Gasteiger charge is -2.33. The molecule has 0 bridgehead atoms. The van der Waals surface area contributed by atoms with Crippen molar-refractivity contribution in [1.82, 2.24) is 19.6 Å². The molecule has 84 valence electrons. The second-order valence-corrected chi connectivity index (χ2v) is 4.32. The zero-order chi connectivity index (χ0) is 11.0. The lowest BCUT2D eigenvalue weighted by molar-refractivity contribution is 0.203. The molecule has 1 saturated heterocycles. The predicted molar refractivity (Wildman–Crippen MR) is 63.4 cm³/mol. The molecule has 3 heterocycles. The summed E-state index contributed by atoms with van der Waals surface area (Å²) in [5, 5.41) is 3.44. The minimum Gasteiger partial charge on any atom is -0.314 e. The molecule has 2 aromatic rings. The van der Waals surface area contributed by atoms with Gasteiger partial charge in [-0.1, -0.05) is 6.07 Å². The van der Waals surface area contributed by atoms with E-state index in [1.807, 2.05) is 18.6 Å². The average molecular weight is 216 g/mol. The largest absolute Gasteiger partial charge is 0.314 e. The van der Waals surface area contributed by atoms with E-state index in [1.165, 1.54) is 5.56 Å². The van der Waals surface area contributed by atoms with E-state index in [9.17, 15) is 0 Å². The zero-order valence-corrected chi connectivity index (χ0v) is 9.43. The second-order valence-electron chi connectivity index (χ2n) is 4.32. The molecular weight excluding hydrogens is 200 g/mol. The van der Waals surface area contributed by atoms with E-state index in [0.717, 1.165) is 25.3 Å². The summed E-state index contributed by atoms with van der Waals surface area (Å²) in [6, 6.07) is 4.70. The number of piperazine rings is 1. The smallest absolute Gasteiger partial charge is 0.141 e. The zero-order valence-electron chi connectivity index (χ0n) is 9.43. The number of nitrogens with one attached hydrogen (secondary N) is 1. The molecule has 0 amide bonds. The van der Waals surface area contributed by atoms with E-state index >= 15 is 0 Å². The monoisotopic (exact) mass is 216 g/mol. The number of hydrogen-bond donors (Lipinski definition) is 1. The number of likely N-dealkylation sites (N-methyl/N-ethyl adjacent to an activating group) is 1. The van der Waals surface area contributed by atoms with Crippen molar-refractivity contribution in [2.75, 3.05) is 26.7 Å². The van der Waals surface area contributed by atoms with Crippen molar-refractivity contribution in [3.63, 3.8) is 0 Å². The first-order valence-corrected chi connectivity index (χ1v) is 5.69. The Labute approximate surface area is 94.9 Å². The molecule has 4 nitrogen and oxygen atoms in total. The number of nitrogens with zero attached hydrogens (tertiary/aromatic N) is 3. The van der Waals surface area contributed by atoms with Crippen LogP contribution in [0, 0.1) is 0 Å². The van der Waals surface area contributed by atoms with Crippen LogP contribution in [0.25, 0.3) is 5.65 Å². The third-order valence-corrected chi connectivity index (χ3v) is 3.32. The Morgan fingerprint density at radius 2 is 2.38 bits per heavy atom. The molecule has 1 unspecified atom stereocenters. The Morgan fingerprint density at radius 1 is 1.44 bits per heavy atom. The quantitative estimate of drug-likeness (QED) is 0.769. The van der Waals surface area contributed by atoms with Gasteiger partial charge in [-0.05, 0) is 13.1 Å². The Bertz CT molecular complexity index is 490. The number of hydrogen-bond acceptors (Lipinski definition) is 3. The first-order valence-electron chi connectivity index (χ1n) is 5.69. The van der Waals surface area contributed by atoms with Crippen molar-refractivity contribution in [3.05, 3.63) is 36.3 Å². The third-order valence-electron chi connectivity index (χ3n) is 3.32. The lowest BCUT2D eigenvalue weighted by Crippen LogP contribution is -2.43.